The highest BCUT2D eigenvalue weighted by atomic mass is 32.2. The van der Waals surface area contributed by atoms with Crippen LogP contribution < -0.4 is 10.6 Å². The van der Waals surface area contributed by atoms with Crippen molar-refractivity contribution in [3.05, 3.63) is 18.5 Å². The van der Waals surface area contributed by atoms with Crippen molar-refractivity contribution >= 4 is 33.5 Å². The number of sulfone groups is 1. The Morgan fingerprint density at radius 1 is 1.46 bits per heavy atom. The fourth-order valence-electron chi connectivity index (χ4n) is 2.62. The number of nitrogens with one attached hydrogen (secondary N) is 2. The Balaban J connectivity index is 2.13. The molecule has 2 N–H and O–H groups in total. The van der Waals surface area contributed by atoms with Crippen molar-refractivity contribution < 1.29 is 18.0 Å². The highest BCUT2D eigenvalue weighted by molar-refractivity contribution is 8.00. The number of nitrogens with zero attached hydrogens (tertiary/aromatic N) is 3. The first kappa shape index (κ1) is 20.4. The molecule has 0 radical (unpaired) electrons. The lowest BCUT2D eigenvalue weighted by Gasteiger charge is -2.14. The maximum Gasteiger partial charge on any atom is 0.321 e. The molecule has 0 saturated carbocycles. The van der Waals surface area contributed by atoms with Gasteiger partial charge in [0.2, 0.25) is 5.91 Å². The van der Waals surface area contributed by atoms with Gasteiger partial charge in [0.15, 0.2) is 15.0 Å². The van der Waals surface area contributed by atoms with Gasteiger partial charge in [-0.15, -0.1) is 16.8 Å². The summed E-state index contributed by atoms with van der Waals surface area (Å²) in [6, 6.07) is -0.547. The zero-order chi connectivity index (χ0) is 19.3. The normalized spacial score (nSPS) is 19.7. The summed E-state index contributed by atoms with van der Waals surface area (Å²) >= 11 is 1.16. The van der Waals surface area contributed by atoms with Gasteiger partial charge in [0.25, 0.3) is 0 Å². The topological polar surface area (TPSA) is 123 Å². The summed E-state index contributed by atoms with van der Waals surface area (Å²) in [5.41, 5.74) is 0. The van der Waals surface area contributed by atoms with Gasteiger partial charge in [-0.05, 0) is 20.3 Å². The molecule has 1 saturated heterocycles. The summed E-state index contributed by atoms with van der Waals surface area (Å²) in [5, 5.41) is 12.9. The van der Waals surface area contributed by atoms with Crippen molar-refractivity contribution in [3.8, 4) is 0 Å². The average molecular weight is 402 g/mol. The van der Waals surface area contributed by atoms with Crippen LogP contribution in [0.4, 0.5) is 4.79 Å². The Kier molecular flexibility index (Phi) is 6.81. The average Bonchev–Trinajstić information content (AvgIpc) is 3.11. The van der Waals surface area contributed by atoms with E-state index in [0.717, 1.165) is 11.8 Å². The Hall–Kier alpha value is -1.88. The molecule has 1 aromatic heterocycles. The molecule has 144 valence electrons. The summed E-state index contributed by atoms with van der Waals surface area (Å²) < 4.78 is 25.3. The number of aromatic nitrogens is 3. The van der Waals surface area contributed by atoms with E-state index >= 15 is 0 Å². The lowest BCUT2D eigenvalue weighted by molar-refractivity contribution is -0.119. The van der Waals surface area contributed by atoms with Crippen molar-refractivity contribution in [1.29, 1.82) is 0 Å². The molecule has 0 bridgehead atoms. The number of carbonyl (C=O) groups excluding carboxylic acids is 2. The van der Waals surface area contributed by atoms with Gasteiger partial charge >= 0.3 is 6.03 Å². The van der Waals surface area contributed by atoms with Gasteiger partial charge < -0.3 is 9.88 Å². The molecule has 3 amide bonds. The van der Waals surface area contributed by atoms with Crippen LogP contribution in [0, 0.1) is 0 Å². The quantitative estimate of drug-likeness (QED) is 0.509. The molecule has 0 aromatic carbocycles. The second-order valence-electron chi connectivity index (χ2n) is 5.95. The molecule has 1 aliphatic heterocycles. The first-order valence-corrected chi connectivity index (χ1v) is 11.0. The van der Waals surface area contributed by atoms with E-state index < -0.39 is 27.0 Å². The number of hydrogen-bond acceptors (Lipinski definition) is 7. The first-order chi connectivity index (χ1) is 12.3. The maximum atomic E-state index is 12.1. The highest BCUT2D eigenvalue weighted by Gasteiger charge is 2.33. The van der Waals surface area contributed by atoms with Crippen LogP contribution in [-0.4, -0.2) is 58.4 Å². The molecule has 1 fully saturated rings. The minimum Gasteiger partial charge on any atom is -0.338 e. The van der Waals surface area contributed by atoms with E-state index in [2.05, 4.69) is 27.4 Å². The van der Waals surface area contributed by atoms with E-state index in [4.69, 9.17) is 0 Å². The van der Waals surface area contributed by atoms with Gasteiger partial charge in [-0.25, -0.2) is 13.2 Å². The molecule has 1 aromatic rings. The smallest absolute Gasteiger partial charge is 0.321 e. The summed E-state index contributed by atoms with van der Waals surface area (Å²) in [6.45, 7) is 7.95. The Morgan fingerprint density at radius 2 is 2.19 bits per heavy atom. The van der Waals surface area contributed by atoms with Crippen molar-refractivity contribution in [2.45, 2.75) is 43.1 Å². The second kappa shape index (κ2) is 8.67. The monoisotopic (exact) mass is 401 g/mol. The summed E-state index contributed by atoms with van der Waals surface area (Å²) in [5.74, 6) is 0.136. The minimum atomic E-state index is -3.04. The Morgan fingerprint density at radius 3 is 2.77 bits per heavy atom. The number of carbonyl (C=O) groups is 2. The number of urea groups is 1. The molecule has 1 aliphatic rings. The van der Waals surface area contributed by atoms with Gasteiger partial charge in [-0.2, -0.15) is 0 Å². The molecule has 2 rings (SSSR count). The molecule has 2 unspecified atom stereocenters. The molecule has 0 spiro atoms. The zero-order valence-corrected chi connectivity index (χ0v) is 16.4. The van der Waals surface area contributed by atoms with Crippen molar-refractivity contribution in [1.82, 2.24) is 25.4 Å². The van der Waals surface area contributed by atoms with E-state index in [1.807, 2.05) is 0 Å². The maximum absolute atomic E-state index is 12.1. The SMILES string of the molecule is C=CCn1c(SC(C)C(=O)NC(=O)NCC)nnc1C1CCS(=O)(=O)C1. The third-order valence-corrected chi connectivity index (χ3v) is 6.73. The second-order valence-corrected chi connectivity index (χ2v) is 9.49. The highest BCUT2D eigenvalue weighted by Crippen LogP contribution is 2.31. The van der Waals surface area contributed by atoms with Crippen LogP contribution in [0.2, 0.25) is 0 Å². The number of rotatable bonds is 7. The molecular weight excluding hydrogens is 378 g/mol. The standard InChI is InChI=1S/C15H23N5O4S2/c1-4-7-20-12(11-6-8-26(23,24)9-11)18-19-15(20)25-10(3)13(21)17-14(22)16-5-2/h4,10-11H,1,5-9H2,2-3H3,(H2,16,17,21,22). The van der Waals surface area contributed by atoms with E-state index in [1.165, 1.54) is 0 Å². The fourth-order valence-corrected chi connectivity index (χ4v) is 5.22. The number of amides is 3. The number of imide groups is 1. The van der Waals surface area contributed by atoms with Crippen LogP contribution in [0.1, 0.15) is 32.0 Å². The largest absolute Gasteiger partial charge is 0.338 e. The predicted molar refractivity (Wildman–Crippen MR) is 98.8 cm³/mol. The van der Waals surface area contributed by atoms with Crippen molar-refractivity contribution in [2.24, 2.45) is 0 Å². The van der Waals surface area contributed by atoms with Crippen LogP contribution in [0.15, 0.2) is 17.8 Å². The van der Waals surface area contributed by atoms with Crippen molar-refractivity contribution in [2.75, 3.05) is 18.1 Å². The van der Waals surface area contributed by atoms with Gasteiger partial charge in [-0.1, -0.05) is 17.8 Å². The zero-order valence-electron chi connectivity index (χ0n) is 14.8. The predicted octanol–water partition coefficient (Wildman–Crippen LogP) is 0.693. The Labute approximate surface area is 156 Å². The molecule has 9 nitrogen and oxygen atoms in total. The van der Waals surface area contributed by atoms with Crippen LogP contribution >= 0.6 is 11.8 Å². The van der Waals surface area contributed by atoms with Crippen LogP contribution in [0.5, 0.6) is 0 Å². The van der Waals surface area contributed by atoms with Gasteiger partial charge in [0, 0.05) is 19.0 Å². The fraction of sp³-hybridized carbons (Fsp3) is 0.600. The van der Waals surface area contributed by atoms with E-state index in [9.17, 15) is 18.0 Å². The lowest BCUT2D eigenvalue weighted by atomic mass is 10.1. The van der Waals surface area contributed by atoms with Gasteiger partial charge in [0.1, 0.15) is 5.82 Å². The third kappa shape index (κ3) is 5.07. The van der Waals surface area contributed by atoms with Gasteiger partial charge in [-0.3, -0.25) is 10.1 Å². The van der Waals surface area contributed by atoms with Crippen molar-refractivity contribution in [3.63, 3.8) is 0 Å². The summed E-state index contributed by atoms with van der Waals surface area (Å²) in [6.07, 6.45) is 2.18. The third-order valence-electron chi connectivity index (χ3n) is 3.88. The van der Waals surface area contributed by atoms with Crippen LogP contribution in [0.25, 0.3) is 0 Å². The Bertz CT molecular complexity index is 790. The molecule has 0 aliphatic carbocycles. The molecule has 2 heterocycles. The van der Waals surface area contributed by atoms with Crippen LogP contribution in [0.3, 0.4) is 0 Å². The molecule has 11 heteroatoms. The van der Waals surface area contributed by atoms with E-state index in [0.29, 0.717) is 30.5 Å². The number of hydrogen-bond donors (Lipinski definition) is 2. The minimum absolute atomic E-state index is 0.0557. The lowest BCUT2D eigenvalue weighted by Crippen LogP contribution is -2.42. The number of thioether (sulfide) groups is 1. The van der Waals surface area contributed by atoms with E-state index in [1.54, 1.807) is 24.5 Å². The molecular formula is C15H23N5O4S2. The summed E-state index contributed by atoms with van der Waals surface area (Å²) in [4.78, 5) is 23.6. The molecule has 2 atom stereocenters. The molecule has 26 heavy (non-hydrogen) atoms. The van der Waals surface area contributed by atoms with E-state index in [-0.39, 0.29) is 17.4 Å². The van der Waals surface area contributed by atoms with Crippen LogP contribution in [-0.2, 0) is 21.2 Å². The van der Waals surface area contributed by atoms with Gasteiger partial charge in [0.05, 0.1) is 16.8 Å². The summed E-state index contributed by atoms with van der Waals surface area (Å²) in [7, 11) is -3.04. The first-order valence-electron chi connectivity index (χ1n) is 8.27. The number of allylic oxidation sites excluding steroid dienone is 1.